The molecule has 5 nitrogen and oxygen atoms in total. The Balaban J connectivity index is 1.94. The van der Waals surface area contributed by atoms with Gasteiger partial charge in [-0.05, 0) is 18.8 Å². The molecule has 2 atom stereocenters. The smallest absolute Gasteiger partial charge is 0.320 e. The second-order valence-corrected chi connectivity index (χ2v) is 5.66. The molecule has 0 aromatic rings. The van der Waals surface area contributed by atoms with E-state index in [2.05, 4.69) is 12.1 Å². The molecule has 18 heavy (non-hydrogen) atoms. The Bertz CT molecular complexity index is 343. The molecule has 1 N–H and O–H groups in total. The van der Waals surface area contributed by atoms with Crippen LogP contribution in [0.3, 0.4) is 0 Å². The molecule has 0 aromatic carbocycles. The van der Waals surface area contributed by atoms with E-state index in [4.69, 9.17) is 5.21 Å². The molecule has 102 valence electrons. The first-order valence-electron chi connectivity index (χ1n) is 6.86. The number of hydrogen-bond acceptors (Lipinski definition) is 3. The van der Waals surface area contributed by atoms with E-state index in [1.807, 2.05) is 16.7 Å². The summed E-state index contributed by atoms with van der Waals surface area (Å²) in [6.45, 7) is 7.32. The lowest BCUT2D eigenvalue weighted by molar-refractivity contribution is 0.126. The highest BCUT2D eigenvalue weighted by Crippen LogP contribution is 2.20. The summed E-state index contributed by atoms with van der Waals surface area (Å²) in [5, 5.41) is 12.2. The van der Waals surface area contributed by atoms with Crippen LogP contribution in [-0.2, 0) is 0 Å². The van der Waals surface area contributed by atoms with Gasteiger partial charge in [0.15, 0.2) is 0 Å². The molecule has 2 unspecified atom stereocenters. The molecular formula is C13H23N3O2. The van der Waals surface area contributed by atoms with E-state index in [0.717, 1.165) is 25.2 Å². The van der Waals surface area contributed by atoms with Crippen LogP contribution in [0.4, 0.5) is 4.79 Å². The van der Waals surface area contributed by atoms with Crippen LogP contribution < -0.4 is 0 Å². The third kappa shape index (κ3) is 2.76. The number of nitrogens with zero attached hydrogens (tertiary/aromatic N) is 3. The molecule has 0 bridgehead atoms. The van der Waals surface area contributed by atoms with Gasteiger partial charge in [0, 0.05) is 38.5 Å². The van der Waals surface area contributed by atoms with E-state index >= 15 is 0 Å². The Labute approximate surface area is 108 Å². The van der Waals surface area contributed by atoms with Crippen molar-refractivity contribution in [1.82, 2.24) is 9.80 Å². The van der Waals surface area contributed by atoms with Crippen molar-refractivity contribution < 1.29 is 10.0 Å². The normalized spacial score (nSPS) is 31.8. The van der Waals surface area contributed by atoms with E-state index in [1.165, 1.54) is 6.42 Å². The van der Waals surface area contributed by atoms with Crippen LogP contribution in [-0.4, -0.2) is 52.9 Å². The SMILES string of the molecule is CC1CCCN(C(=O)N2CCC(=NO)C(C)C2)C1. The van der Waals surface area contributed by atoms with Crippen LogP contribution in [0.25, 0.3) is 0 Å². The standard InChI is InChI=1S/C13H23N3O2/c1-10-4-3-6-15(8-10)13(17)16-7-5-12(14-18)11(2)9-16/h10-11,18H,3-9H2,1-2H3. The van der Waals surface area contributed by atoms with Crippen LogP contribution in [0.2, 0.25) is 0 Å². The summed E-state index contributed by atoms with van der Waals surface area (Å²) >= 11 is 0. The number of urea groups is 1. The minimum absolute atomic E-state index is 0.158. The fourth-order valence-corrected chi connectivity index (χ4v) is 2.91. The predicted octanol–water partition coefficient (Wildman–Crippen LogP) is 2.01. The van der Waals surface area contributed by atoms with Crippen molar-refractivity contribution in [3.05, 3.63) is 0 Å². The average molecular weight is 253 g/mol. The molecule has 0 aliphatic carbocycles. The summed E-state index contributed by atoms with van der Waals surface area (Å²) in [5.74, 6) is 0.773. The number of carbonyl (C=O) groups excluding carboxylic acids is 1. The number of hydrogen-bond donors (Lipinski definition) is 1. The van der Waals surface area contributed by atoms with Gasteiger partial charge < -0.3 is 15.0 Å². The van der Waals surface area contributed by atoms with Gasteiger partial charge in [0.1, 0.15) is 0 Å². The summed E-state index contributed by atoms with van der Waals surface area (Å²) in [6, 6.07) is 0.158. The van der Waals surface area contributed by atoms with Gasteiger partial charge >= 0.3 is 6.03 Å². The second kappa shape index (κ2) is 5.59. The molecule has 2 saturated heterocycles. The Morgan fingerprint density at radius 3 is 2.61 bits per heavy atom. The van der Waals surface area contributed by atoms with Crippen molar-refractivity contribution >= 4 is 11.7 Å². The van der Waals surface area contributed by atoms with E-state index in [-0.39, 0.29) is 11.9 Å². The third-order valence-electron chi connectivity index (χ3n) is 4.03. The summed E-state index contributed by atoms with van der Waals surface area (Å²) in [6.07, 6.45) is 3.02. The van der Waals surface area contributed by atoms with Gasteiger partial charge in [0.05, 0.1) is 5.71 Å². The largest absolute Gasteiger partial charge is 0.411 e. The third-order valence-corrected chi connectivity index (χ3v) is 4.03. The van der Waals surface area contributed by atoms with E-state index < -0.39 is 0 Å². The maximum absolute atomic E-state index is 12.4. The first kappa shape index (κ1) is 13.2. The summed E-state index contributed by atoms with van der Waals surface area (Å²) in [5.41, 5.74) is 0.811. The lowest BCUT2D eigenvalue weighted by Crippen LogP contribution is -2.51. The van der Waals surface area contributed by atoms with Crippen molar-refractivity contribution in [1.29, 1.82) is 0 Å². The predicted molar refractivity (Wildman–Crippen MR) is 69.9 cm³/mol. The van der Waals surface area contributed by atoms with E-state index in [9.17, 15) is 4.79 Å². The van der Waals surface area contributed by atoms with Gasteiger partial charge in [-0.2, -0.15) is 0 Å². The molecule has 2 rings (SSSR count). The molecule has 0 radical (unpaired) electrons. The highest BCUT2D eigenvalue weighted by molar-refractivity contribution is 5.88. The second-order valence-electron chi connectivity index (χ2n) is 5.66. The van der Waals surface area contributed by atoms with Crippen molar-refractivity contribution in [3.8, 4) is 0 Å². The van der Waals surface area contributed by atoms with E-state index in [0.29, 0.717) is 25.4 Å². The monoisotopic (exact) mass is 253 g/mol. The molecule has 2 aliphatic rings. The molecule has 2 amide bonds. The molecule has 2 aliphatic heterocycles. The van der Waals surface area contributed by atoms with Crippen molar-refractivity contribution in [2.24, 2.45) is 17.0 Å². The van der Waals surface area contributed by atoms with Crippen molar-refractivity contribution in [3.63, 3.8) is 0 Å². The summed E-state index contributed by atoms with van der Waals surface area (Å²) in [7, 11) is 0. The summed E-state index contributed by atoms with van der Waals surface area (Å²) < 4.78 is 0. The van der Waals surface area contributed by atoms with Crippen LogP contribution in [0, 0.1) is 11.8 Å². The zero-order chi connectivity index (χ0) is 13.1. The van der Waals surface area contributed by atoms with Crippen LogP contribution in [0.5, 0.6) is 0 Å². The number of amides is 2. The molecule has 0 aromatic heterocycles. The highest BCUT2D eigenvalue weighted by Gasteiger charge is 2.30. The number of oxime groups is 1. The maximum Gasteiger partial charge on any atom is 0.320 e. The van der Waals surface area contributed by atoms with Crippen LogP contribution in [0.15, 0.2) is 5.16 Å². The fraction of sp³-hybridized carbons (Fsp3) is 0.846. The van der Waals surface area contributed by atoms with Gasteiger partial charge in [0.2, 0.25) is 0 Å². The first-order chi connectivity index (χ1) is 8.61. The fourth-order valence-electron chi connectivity index (χ4n) is 2.91. The zero-order valence-corrected chi connectivity index (χ0v) is 11.3. The number of rotatable bonds is 0. The lowest BCUT2D eigenvalue weighted by Gasteiger charge is -2.38. The Morgan fingerprint density at radius 2 is 2.00 bits per heavy atom. The Hall–Kier alpha value is -1.26. The number of carbonyl (C=O) groups is 1. The van der Waals surface area contributed by atoms with E-state index in [1.54, 1.807) is 0 Å². The van der Waals surface area contributed by atoms with Crippen LogP contribution >= 0.6 is 0 Å². The minimum atomic E-state index is 0.158. The van der Waals surface area contributed by atoms with Gasteiger partial charge in [-0.25, -0.2) is 4.79 Å². The average Bonchev–Trinajstić information content (AvgIpc) is 2.37. The minimum Gasteiger partial charge on any atom is -0.411 e. The van der Waals surface area contributed by atoms with Gasteiger partial charge in [-0.1, -0.05) is 19.0 Å². The molecular weight excluding hydrogens is 230 g/mol. The number of likely N-dealkylation sites (tertiary alicyclic amines) is 2. The number of piperidine rings is 2. The summed E-state index contributed by atoms with van der Waals surface area (Å²) in [4.78, 5) is 16.3. The topological polar surface area (TPSA) is 56.1 Å². The molecule has 0 saturated carbocycles. The van der Waals surface area contributed by atoms with Gasteiger partial charge in [-0.3, -0.25) is 0 Å². The molecule has 2 fully saturated rings. The maximum atomic E-state index is 12.4. The highest BCUT2D eigenvalue weighted by atomic mass is 16.4. The Kier molecular flexibility index (Phi) is 4.09. The van der Waals surface area contributed by atoms with Gasteiger partial charge in [-0.15, -0.1) is 0 Å². The zero-order valence-electron chi connectivity index (χ0n) is 11.3. The molecule has 5 heteroatoms. The quantitative estimate of drug-likeness (QED) is 0.530. The molecule has 2 heterocycles. The molecule has 0 spiro atoms. The van der Waals surface area contributed by atoms with Crippen molar-refractivity contribution in [2.75, 3.05) is 26.2 Å². The van der Waals surface area contributed by atoms with Crippen molar-refractivity contribution in [2.45, 2.75) is 33.1 Å². The van der Waals surface area contributed by atoms with Gasteiger partial charge in [0.25, 0.3) is 0 Å². The first-order valence-corrected chi connectivity index (χ1v) is 6.86. The Morgan fingerprint density at radius 1 is 1.28 bits per heavy atom. The van der Waals surface area contributed by atoms with Crippen LogP contribution in [0.1, 0.15) is 33.1 Å². The lowest BCUT2D eigenvalue weighted by atomic mass is 9.97.